The lowest BCUT2D eigenvalue weighted by Crippen LogP contribution is -2.52. The molecule has 1 aromatic heterocycles. The lowest BCUT2D eigenvalue weighted by molar-refractivity contribution is 0.0617. The van der Waals surface area contributed by atoms with E-state index in [0.717, 1.165) is 36.5 Å². The van der Waals surface area contributed by atoms with Crippen molar-refractivity contribution in [3.63, 3.8) is 0 Å². The van der Waals surface area contributed by atoms with Gasteiger partial charge < -0.3 is 25.0 Å². The average molecular weight is 361 g/mol. The first-order chi connectivity index (χ1) is 12.7. The summed E-state index contributed by atoms with van der Waals surface area (Å²) in [5, 5.41) is 11.7. The quantitative estimate of drug-likeness (QED) is 0.639. The number of amides is 2. The van der Waals surface area contributed by atoms with E-state index >= 15 is 0 Å². The summed E-state index contributed by atoms with van der Waals surface area (Å²) >= 11 is 0. The van der Waals surface area contributed by atoms with Crippen molar-refractivity contribution in [1.29, 1.82) is 0 Å². The Hall–Kier alpha value is -2.16. The monoisotopic (exact) mass is 361 g/mol. The SMILES string of the molecule is C[C@@H](NC(=O)N1CCN(CCOCCO)CC1)c1nc2ccccc2[nH]1. The number of H-pyrrole nitrogens is 1. The first-order valence-corrected chi connectivity index (χ1v) is 9.08. The number of urea groups is 1. The van der Waals surface area contributed by atoms with Gasteiger partial charge in [0.1, 0.15) is 5.82 Å². The first-order valence-electron chi connectivity index (χ1n) is 9.08. The van der Waals surface area contributed by atoms with Crippen molar-refractivity contribution in [3.8, 4) is 0 Å². The Labute approximate surface area is 153 Å². The van der Waals surface area contributed by atoms with Crippen LogP contribution in [0.15, 0.2) is 24.3 Å². The number of imidazole rings is 1. The van der Waals surface area contributed by atoms with Crippen LogP contribution in [-0.2, 0) is 4.74 Å². The number of para-hydroxylation sites is 2. The minimum Gasteiger partial charge on any atom is -0.394 e. The summed E-state index contributed by atoms with van der Waals surface area (Å²) in [6.45, 7) is 6.84. The van der Waals surface area contributed by atoms with E-state index < -0.39 is 0 Å². The molecule has 2 amide bonds. The minimum absolute atomic E-state index is 0.0529. The van der Waals surface area contributed by atoms with Crippen molar-refractivity contribution >= 4 is 17.1 Å². The normalized spacial score (nSPS) is 16.8. The number of piperazine rings is 1. The number of aliphatic hydroxyl groups excluding tert-OH is 1. The molecule has 1 aromatic carbocycles. The highest BCUT2D eigenvalue weighted by Gasteiger charge is 2.23. The highest BCUT2D eigenvalue weighted by Crippen LogP contribution is 2.16. The highest BCUT2D eigenvalue weighted by atomic mass is 16.5. The van der Waals surface area contributed by atoms with Gasteiger partial charge in [-0.1, -0.05) is 12.1 Å². The number of aromatic nitrogens is 2. The zero-order chi connectivity index (χ0) is 18.4. The molecule has 0 aliphatic carbocycles. The molecule has 142 valence electrons. The summed E-state index contributed by atoms with van der Waals surface area (Å²) in [5.41, 5.74) is 1.88. The Morgan fingerprint density at radius 1 is 1.31 bits per heavy atom. The molecular weight excluding hydrogens is 334 g/mol. The lowest BCUT2D eigenvalue weighted by Gasteiger charge is -2.35. The van der Waals surface area contributed by atoms with Crippen LogP contribution in [-0.4, -0.2) is 83.4 Å². The van der Waals surface area contributed by atoms with E-state index in [-0.39, 0.29) is 18.7 Å². The maximum atomic E-state index is 12.5. The van der Waals surface area contributed by atoms with Crippen LogP contribution in [0.2, 0.25) is 0 Å². The molecule has 0 unspecified atom stereocenters. The molecule has 26 heavy (non-hydrogen) atoms. The summed E-state index contributed by atoms with van der Waals surface area (Å²) in [7, 11) is 0. The van der Waals surface area contributed by atoms with Crippen molar-refractivity contribution in [3.05, 3.63) is 30.1 Å². The van der Waals surface area contributed by atoms with Crippen LogP contribution >= 0.6 is 0 Å². The van der Waals surface area contributed by atoms with Crippen LogP contribution in [0.5, 0.6) is 0 Å². The number of carbonyl (C=O) groups excluding carboxylic acids is 1. The van der Waals surface area contributed by atoms with Gasteiger partial charge in [0.2, 0.25) is 0 Å². The zero-order valence-corrected chi connectivity index (χ0v) is 15.1. The number of ether oxygens (including phenoxy) is 1. The largest absolute Gasteiger partial charge is 0.394 e. The number of aromatic amines is 1. The molecule has 1 fully saturated rings. The zero-order valence-electron chi connectivity index (χ0n) is 15.1. The molecule has 8 heteroatoms. The number of hydrogen-bond acceptors (Lipinski definition) is 5. The smallest absolute Gasteiger partial charge is 0.318 e. The Kier molecular flexibility index (Phi) is 6.43. The maximum Gasteiger partial charge on any atom is 0.318 e. The molecule has 1 aliphatic rings. The Bertz CT molecular complexity index is 679. The molecule has 0 spiro atoms. The van der Waals surface area contributed by atoms with Crippen molar-refractivity contribution in [1.82, 2.24) is 25.1 Å². The molecule has 8 nitrogen and oxygen atoms in total. The predicted molar refractivity (Wildman–Crippen MR) is 99.0 cm³/mol. The molecule has 2 heterocycles. The number of nitrogens with one attached hydrogen (secondary N) is 2. The van der Waals surface area contributed by atoms with Crippen LogP contribution < -0.4 is 5.32 Å². The minimum atomic E-state index is -0.181. The van der Waals surface area contributed by atoms with Gasteiger partial charge in [-0.15, -0.1) is 0 Å². The van der Waals surface area contributed by atoms with Crippen molar-refractivity contribution in [2.24, 2.45) is 0 Å². The molecule has 0 saturated carbocycles. The van der Waals surface area contributed by atoms with Gasteiger partial charge in [0.15, 0.2) is 0 Å². The predicted octanol–water partition coefficient (Wildman–Crippen LogP) is 0.960. The second-order valence-corrected chi connectivity index (χ2v) is 6.48. The first kappa shape index (κ1) is 18.6. The second-order valence-electron chi connectivity index (χ2n) is 6.48. The second kappa shape index (κ2) is 8.98. The van der Waals surface area contributed by atoms with Crippen molar-refractivity contribution < 1.29 is 14.6 Å². The van der Waals surface area contributed by atoms with Gasteiger partial charge >= 0.3 is 6.03 Å². The summed E-state index contributed by atoms with van der Waals surface area (Å²) < 4.78 is 5.29. The molecule has 1 atom stereocenters. The summed E-state index contributed by atoms with van der Waals surface area (Å²) in [6.07, 6.45) is 0. The summed E-state index contributed by atoms with van der Waals surface area (Å²) in [5.74, 6) is 0.763. The third-order valence-electron chi connectivity index (χ3n) is 4.60. The van der Waals surface area contributed by atoms with Gasteiger partial charge in [-0.05, 0) is 19.1 Å². The van der Waals surface area contributed by atoms with Crippen LogP contribution in [0.25, 0.3) is 11.0 Å². The standard InChI is InChI=1S/C18H27N5O3/c1-14(17-20-15-4-2-3-5-16(15)21-17)19-18(25)23-8-6-22(7-9-23)10-12-26-13-11-24/h2-5,14,24H,6-13H2,1H3,(H,19,25)(H,20,21)/t14-/m1/s1. The number of rotatable bonds is 7. The van der Waals surface area contributed by atoms with Gasteiger partial charge in [-0.2, -0.15) is 0 Å². The number of hydrogen-bond donors (Lipinski definition) is 3. The molecule has 0 bridgehead atoms. The van der Waals surface area contributed by atoms with E-state index in [1.165, 1.54) is 0 Å². The van der Waals surface area contributed by atoms with Crippen molar-refractivity contribution in [2.75, 3.05) is 52.5 Å². The fraction of sp³-hybridized carbons (Fsp3) is 0.556. The van der Waals surface area contributed by atoms with Crippen LogP contribution in [0.1, 0.15) is 18.8 Å². The fourth-order valence-electron chi connectivity index (χ4n) is 3.06. The number of fused-ring (bicyclic) bond motifs is 1. The van der Waals surface area contributed by atoms with E-state index in [0.29, 0.717) is 26.3 Å². The van der Waals surface area contributed by atoms with Gasteiger partial charge in [-0.25, -0.2) is 9.78 Å². The Morgan fingerprint density at radius 2 is 2.08 bits per heavy atom. The third-order valence-corrected chi connectivity index (χ3v) is 4.60. The number of carbonyl (C=O) groups is 1. The van der Waals surface area contributed by atoms with Gasteiger partial charge in [0.25, 0.3) is 0 Å². The average Bonchev–Trinajstić information content (AvgIpc) is 3.10. The molecule has 0 radical (unpaired) electrons. The maximum absolute atomic E-state index is 12.5. The van der Waals surface area contributed by atoms with E-state index in [2.05, 4.69) is 20.2 Å². The van der Waals surface area contributed by atoms with E-state index in [4.69, 9.17) is 9.84 Å². The lowest BCUT2D eigenvalue weighted by atomic mass is 10.3. The summed E-state index contributed by atoms with van der Waals surface area (Å²) in [4.78, 5) is 24.4. The van der Waals surface area contributed by atoms with Gasteiger partial charge in [0.05, 0.1) is 36.9 Å². The molecule has 2 aromatic rings. The number of aliphatic hydroxyl groups is 1. The van der Waals surface area contributed by atoms with Crippen LogP contribution in [0.3, 0.4) is 0 Å². The number of benzene rings is 1. The Morgan fingerprint density at radius 3 is 2.81 bits per heavy atom. The molecule has 3 rings (SSSR count). The topological polar surface area (TPSA) is 93.7 Å². The van der Waals surface area contributed by atoms with E-state index in [1.54, 1.807) is 0 Å². The molecule has 1 saturated heterocycles. The van der Waals surface area contributed by atoms with Gasteiger partial charge in [0, 0.05) is 32.7 Å². The molecule has 1 aliphatic heterocycles. The number of nitrogens with zero attached hydrogens (tertiary/aromatic N) is 3. The van der Waals surface area contributed by atoms with Crippen LogP contribution in [0.4, 0.5) is 4.79 Å². The highest BCUT2D eigenvalue weighted by molar-refractivity contribution is 5.76. The fourth-order valence-corrected chi connectivity index (χ4v) is 3.06. The molecule has 3 N–H and O–H groups in total. The van der Waals surface area contributed by atoms with Crippen molar-refractivity contribution in [2.45, 2.75) is 13.0 Å². The van der Waals surface area contributed by atoms with Crippen LogP contribution in [0, 0.1) is 0 Å². The third kappa shape index (κ3) is 4.72. The van der Waals surface area contributed by atoms with E-state index in [9.17, 15) is 4.79 Å². The Balaban J connectivity index is 1.45. The molecular formula is C18H27N5O3. The van der Waals surface area contributed by atoms with Gasteiger partial charge in [-0.3, -0.25) is 4.90 Å². The summed E-state index contributed by atoms with van der Waals surface area (Å²) in [6, 6.07) is 7.60. The van der Waals surface area contributed by atoms with E-state index in [1.807, 2.05) is 36.1 Å².